The molecule has 4 rings (SSSR count). The second kappa shape index (κ2) is 6.61. The number of aromatic carboxylic acids is 1. The smallest absolute Gasteiger partial charge is 0.335 e. The van der Waals surface area contributed by atoms with Gasteiger partial charge in [-0.1, -0.05) is 0 Å². The number of halogens is 1. The van der Waals surface area contributed by atoms with Crippen molar-refractivity contribution in [1.82, 2.24) is 0 Å². The number of carboxylic acid groups (broad SMARTS) is 1. The molecular formula is C13H17ClO4. The molecule has 1 aromatic rings. The highest BCUT2D eigenvalue weighted by Gasteiger charge is 2.36. The van der Waals surface area contributed by atoms with Gasteiger partial charge in [0, 0.05) is 0 Å². The number of carbonyl (C=O) groups is 1. The van der Waals surface area contributed by atoms with Crippen LogP contribution in [0.2, 0.25) is 0 Å². The topological polar surface area (TPSA) is 55.8 Å². The fourth-order valence-electron chi connectivity index (χ4n) is 2.03. The molecule has 0 spiro atoms. The van der Waals surface area contributed by atoms with Crippen LogP contribution >= 0.6 is 12.4 Å². The summed E-state index contributed by atoms with van der Waals surface area (Å²) >= 11 is 0. The second-order valence-corrected chi connectivity index (χ2v) is 4.23. The van der Waals surface area contributed by atoms with Gasteiger partial charge in [0.15, 0.2) is 0 Å². The number of methoxy groups -OCH3 is 1. The van der Waals surface area contributed by atoms with Crippen LogP contribution in [0.1, 0.15) is 29.6 Å². The van der Waals surface area contributed by atoms with Crippen molar-refractivity contribution in [2.24, 2.45) is 0 Å². The summed E-state index contributed by atoms with van der Waals surface area (Å²) in [7, 11) is 1.54. The minimum atomic E-state index is -0.923. The van der Waals surface area contributed by atoms with Gasteiger partial charge in [-0.15, -0.1) is 12.4 Å². The van der Waals surface area contributed by atoms with E-state index in [0.717, 1.165) is 0 Å². The van der Waals surface area contributed by atoms with Gasteiger partial charge < -0.3 is 14.6 Å². The summed E-state index contributed by atoms with van der Waals surface area (Å²) in [5, 5.41) is 8.51. The SMILES string of the molecule is C1CC2CC1O2.COc1ccc(C(=O)O)cc1.Cl. The summed E-state index contributed by atoms with van der Waals surface area (Å²) in [5.74, 6) is -0.261. The zero-order valence-corrected chi connectivity index (χ0v) is 11.0. The maximum absolute atomic E-state index is 10.4. The Kier molecular flexibility index (Phi) is 5.44. The van der Waals surface area contributed by atoms with Crippen LogP contribution in [0.5, 0.6) is 5.75 Å². The highest BCUT2D eigenvalue weighted by molar-refractivity contribution is 5.87. The normalized spacial score (nSPS) is 22.9. The number of benzene rings is 1. The van der Waals surface area contributed by atoms with E-state index in [9.17, 15) is 4.79 Å². The zero-order valence-electron chi connectivity index (χ0n) is 10.2. The molecule has 0 aromatic heterocycles. The minimum absolute atomic E-state index is 0. The van der Waals surface area contributed by atoms with E-state index in [2.05, 4.69) is 0 Å². The standard InChI is InChI=1S/C8H8O3.C5H8O.ClH/c1-11-7-4-2-6(3-5-7)8(9)10;1-2-5-3-4(1)6-5;/h2-5H,1H3,(H,9,10);4-5H,1-3H2;1H. The first-order valence-corrected chi connectivity index (χ1v) is 5.72. The van der Waals surface area contributed by atoms with E-state index < -0.39 is 5.97 Å². The van der Waals surface area contributed by atoms with Crippen molar-refractivity contribution in [3.63, 3.8) is 0 Å². The molecule has 4 nitrogen and oxygen atoms in total. The van der Waals surface area contributed by atoms with Crippen LogP contribution in [0, 0.1) is 0 Å². The van der Waals surface area contributed by atoms with E-state index in [1.165, 1.54) is 38.5 Å². The molecule has 2 atom stereocenters. The van der Waals surface area contributed by atoms with E-state index in [-0.39, 0.29) is 18.0 Å². The summed E-state index contributed by atoms with van der Waals surface area (Å²) in [5.41, 5.74) is 0.269. The Labute approximate surface area is 112 Å². The van der Waals surface area contributed by atoms with Crippen LogP contribution in [0.25, 0.3) is 0 Å². The Morgan fingerprint density at radius 2 is 1.78 bits per heavy atom. The summed E-state index contributed by atoms with van der Waals surface area (Å²) in [6.45, 7) is 0. The highest BCUT2D eigenvalue weighted by atomic mass is 35.5. The van der Waals surface area contributed by atoms with Crippen LogP contribution in [0.15, 0.2) is 24.3 Å². The van der Waals surface area contributed by atoms with E-state index in [4.69, 9.17) is 14.6 Å². The molecule has 2 bridgehead atoms. The maximum Gasteiger partial charge on any atom is 0.335 e. The monoisotopic (exact) mass is 272 g/mol. The van der Waals surface area contributed by atoms with E-state index >= 15 is 0 Å². The van der Waals surface area contributed by atoms with Gasteiger partial charge in [0.25, 0.3) is 0 Å². The molecule has 100 valence electrons. The maximum atomic E-state index is 10.4. The predicted molar refractivity (Wildman–Crippen MR) is 69.7 cm³/mol. The second-order valence-electron chi connectivity index (χ2n) is 4.23. The van der Waals surface area contributed by atoms with Crippen LogP contribution in [-0.2, 0) is 4.74 Å². The van der Waals surface area contributed by atoms with Crippen LogP contribution in [-0.4, -0.2) is 30.4 Å². The molecule has 1 saturated carbocycles. The Morgan fingerprint density at radius 3 is 2.06 bits per heavy atom. The van der Waals surface area contributed by atoms with Crippen molar-refractivity contribution >= 4 is 18.4 Å². The molecule has 5 heteroatoms. The number of hydrogen-bond donors (Lipinski definition) is 1. The van der Waals surface area contributed by atoms with Crippen LogP contribution in [0.4, 0.5) is 0 Å². The molecule has 2 heterocycles. The lowest BCUT2D eigenvalue weighted by Crippen LogP contribution is -2.25. The average molecular weight is 273 g/mol. The number of ether oxygens (including phenoxy) is 2. The summed E-state index contributed by atoms with van der Waals surface area (Å²) in [4.78, 5) is 10.4. The highest BCUT2D eigenvalue weighted by Crippen LogP contribution is 2.36. The van der Waals surface area contributed by atoms with Crippen molar-refractivity contribution in [2.75, 3.05) is 7.11 Å². The van der Waals surface area contributed by atoms with Crippen molar-refractivity contribution < 1.29 is 19.4 Å². The van der Waals surface area contributed by atoms with Crippen molar-refractivity contribution in [3.8, 4) is 5.75 Å². The van der Waals surface area contributed by atoms with Gasteiger partial charge in [0.2, 0.25) is 0 Å². The van der Waals surface area contributed by atoms with Gasteiger partial charge in [-0.2, -0.15) is 0 Å². The van der Waals surface area contributed by atoms with Gasteiger partial charge in [-0.05, 0) is 43.5 Å². The van der Waals surface area contributed by atoms with E-state index in [1.54, 1.807) is 12.1 Å². The third kappa shape index (κ3) is 3.62. The first kappa shape index (κ1) is 14.8. The van der Waals surface area contributed by atoms with Gasteiger partial charge in [-0.25, -0.2) is 4.79 Å². The average Bonchev–Trinajstić information content (AvgIpc) is 2.93. The molecule has 3 fully saturated rings. The summed E-state index contributed by atoms with van der Waals surface area (Å²) in [6, 6.07) is 6.23. The molecule has 2 aliphatic heterocycles. The number of fused-ring (bicyclic) bond motifs is 1. The van der Waals surface area contributed by atoms with Crippen molar-refractivity contribution in [2.45, 2.75) is 31.5 Å². The third-order valence-electron chi connectivity index (χ3n) is 3.06. The Morgan fingerprint density at radius 1 is 1.28 bits per heavy atom. The fourth-order valence-corrected chi connectivity index (χ4v) is 2.03. The quantitative estimate of drug-likeness (QED) is 0.899. The zero-order chi connectivity index (χ0) is 12.3. The lowest BCUT2D eigenvalue weighted by molar-refractivity contribution is -0.0647. The first-order valence-electron chi connectivity index (χ1n) is 5.72. The van der Waals surface area contributed by atoms with Gasteiger partial charge in [0.1, 0.15) is 5.75 Å². The Balaban J connectivity index is 0.000000194. The molecule has 2 unspecified atom stereocenters. The van der Waals surface area contributed by atoms with E-state index in [1.807, 2.05) is 0 Å². The predicted octanol–water partition coefficient (Wildman–Crippen LogP) is 2.75. The van der Waals surface area contributed by atoms with Gasteiger partial charge in [-0.3, -0.25) is 0 Å². The third-order valence-corrected chi connectivity index (χ3v) is 3.06. The first-order chi connectivity index (χ1) is 8.19. The van der Waals surface area contributed by atoms with E-state index in [0.29, 0.717) is 18.0 Å². The summed E-state index contributed by atoms with van der Waals surface area (Å²) < 4.78 is 10.1. The molecule has 0 amide bonds. The van der Waals surface area contributed by atoms with Gasteiger partial charge >= 0.3 is 5.97 Å². The lowest BCUT2D eigenvalue weighted by atomic mass is 10.2. The van der Waals surface area contributed by atoms with Crippen molar-refractivity contribution in [3.05, 3.63) is 29.8 Å². The number of hydrogen-bond acceptors (Lipinski definition) is 3. The Hall–Kier alpha value is -1.26. The van der Waals surface area contributed by atoms with Crippen LogP contribution in [0.3, 0.4) is 0 Å². The molecule has 1 aliphatic carbocycles. The molecule has 1 N–H and O–H groups in total. The minimum Gasteiger partial charge on any atom is -0.497 e. The van der Waals surface area contributed by atoms with Crippen molar-refractivity contribution in [1.29, 1.82) is 0 Å². The number of carboxylic acids is 1. The largest absolute Gasteiger partial charge is 0.497 e. The lowest BCUT2D eigenvalue weighted by Gasteiger charge is -2.23. The molecule has 1 aromatic carbocycles. The van der Waals surface area contributed by atoms with Crippen LogP contribution < -0.4 is 4.74 Å². The fraction of sp³-hybridized carbons (Fsp3) is 0.462. The number of rotatable bonds is 2. The van der Waals surface area contributed by atoms with Gasteiger partial charge in [0.05, 0.1) is 24.9 Å². The Bertz CT molecular complexity index is 371. The molecule has 0 radical (unpaired) electrons. The molecule has 2 saturated heterocycles. The molecule has 3 aliphatic rings. The molecule has 18 heavy (non-hydrogen) atoms. The molecular weight excluding hydrogens is 256 g/mol. The summed E-state index contributed by atoms with van der Waals surface area (Å²) in [6.07, 6.45) is 5.42.